The Hall–Kier alpha value is -0.900. The Morgan fingerprint density at radius 3 is 2.94 bits per heavy atom. The van der Waals surface area contributed by atoms with Crippen molar-refractivity contribution in [2.75, 3.05) is 26.2 Å². The zero-order valence-corrected chi connectivity index (χ0v) is 11.2. The van der Waals surface area contributed by atoms with Crippen molar-refractivity contribution in [3.05, 3.63) is 35.9 Å². The highest BCUT2D eigenvalue weighted by Gasteiger charge is 2.15. The molecule has 2 rings (SSSR count). The Morgan fingerprint density at radius 2 is 2.17 bits per heavy atom. The first-order valence-electron chi connectivity index (χ1n) is 6.90. The molecule has 2 unspecified atom stereocenters. The van der Waals surface area contributed by atoms with E-state index in [1.54, 1.807) is 0 Å². The van der Waals surface area contributed by atoms with Gasteiger partial charge in [-0.05, 0) is 25.3 Å². The zero-order valence-electron chi connectivity index (χ0n) is 11.2. The number of hydrogen-bond donors (Lipinski definition) is 1. The molecule has 0 radical (unpaired) electrons. The van der Waals surface area contributed by atoms with Gasteiger partial charge in [-0.2, -0.15) is 0 Å². The van der Waals surface area contributed by atoms with Crippen LogP contribution in [-0.4, -0.2) is 37.2 Å². The topological polar surface area (TPSA) is 38.5 Å². The average Bonchev–Trinajstić information content (AvgIpc) is 2.61. The number of rotatable bonds is 4. The second kappa shape index (κ2) is 6.88. The van der Waals surface area contributed by atoms with Crippen LogP contribution >= 0.6 is 0 Å². The highest BCUT2D eigenvalue weighted by molar-refractivity contribution is 5.18. The van der Waals surface area contributed by atoms with Crippen LogP contribution in [0.2, 0.25) is 0 Å². The minimum Gasteiger partial charge on any atom is -0.377 e. The molecule has 0 aliphatic carbocycles. The lowest BCUT2D eigenvalue weighted by molar-refractivity contribution is 0.0674. The first-order valence-corrected chi connectivity index (χ1v) is 6.90. The largest absolute Gasteiger partial charge is 0.377 e. The predicted molar refractivity (Wildman–Crippen MR) is 74.5 cm³/mol. The van der Waals surface area contributed by atoms with E-state index in [9.17, 15) is 0 Å². The van der Waals surface area contributed by atoms with E-state index in [1.807, 2.05) is 6.07 Å². The highest BCUT2D eigenvalue weighted by Crippen LogP contribution is 2.15. The van der Waals surface area contributed by atoms with E-state index < -0.39 is 0 Å². The van der Waals surface area contributed by atoms with Gasteiger partial charge in [0.2, 0.25) is 0 Å². The summed E-state index contributed by atoms with van der Waals surface area (Å²) in [6.45, 7) is 6.26. The van der Waals surface area contributed by atoms with Crippen LogP contribution in [0.1, 0.15) is 31.4 Å². The van der Waals surface area contributed by atoms with Crippen molar-refractivity contribution in [3.8, 4) is 0 Å². The number of hydrogen-bond acceptors (Lipinski definition) is 3. The van der Waals surface area contributed by atoms with Crippen molar-refractivity contribution in [1.82, 2.24) is 4.90 Å². The predicted octanol–water partition coefficient (Wildman–Crippen LogP) is 2.19. The van der Waals surface area contributed by atoms with Crippen LogP contribution in [-0.2, 0) is 4.74 Å². The third-order valence-corrected chi connectivity index (χ3v) is 3.52. The fourth-order valence-electron chi connectivity index (χ4n) is 2.47. The van der Waals surface area contributed by atoms with Crippen LogP contribution < -0.4 is 5.73 Å². The molecule has 18 heavy (non-hydrogen) atoms. The average molecular weight is 248 g/mol. The van der Waals surface area contributed by atoms with Gasteiger partial charge < -0.3 is 15.4 Å². The van der Waals surface area contributed by atoms with Gasteiger partial charge in [0.25, 0.3) is 0 Å². The molecular weight excluding hydrogens is 224 g/mol. The smallest absolute Gasteiger partial charge is 0.0673 e. The molecule has 0 aromatic heterocycles. The van der Waals surface area contributed by atoms with E-state index in [0.717, 1.165) is 39.1 Å². The fourth-order valence-corrected chi connectivity index (χ4v) is 2.47. The summed E-state index contributed by atoms with van der Waals surface area (Å²) < 4.78 is 5.65. The number of nitrogens with two attached hydrogens (primary N) is 1. The Balaban J connectivity index is 1.80. The molecule has 1 aliphatic rings. The molecule has 2 N–H and O–H groups in total. The van der Waals surface area contributed by atoms with Gasteiger partial charge in [0.05, 0.1) is 6.10 Å². The Morgan fingerprint density at radius 1 is 1.39 bits per heavy atom. The maximum Gasteiger partial charge on any atom is 0.0673 e. The van der Waals surface area contributed by atoms with E-state index in [4.69, 9.17) is 10.5 Å². The van der Waals surface area contributed by atoms with Crippen molar-refractivity contribution in [1.29, 1.82) is 0 Å². The van der Waals surface area contributed by atoms with Gasteiger partial charge in [-0.25, -0.2) is 0 Å². The van der Waals surface area contributed by atoms with Gasteiger partial charge >= 0.3 is 0 Å². The molecule has 1 saturated heterocycles. The van der Waals surface area contributed by atoms with Crippen molar-refractivity contribution in [2.45, 2.75) is 31.9 Å². The van der Waals surface area contributed by atoms with Crippen LogP contribution in [0.25, 0.3) is 0 Å². The van der Waals surface area contributed by atoms with Gasteiger partial charge in [-0.1, -0.05) is 30.3 Å². The Bertz CT molecular complexity index is 342. The molecule has 1 aliphatic heterocycles. The third-order valence-electron chi connectivity index (χ3n) is 3.52. The molecule has 0 bridgehead atoms. The van der Waals surface area contributed by atoms with Crippen molar-refractivity contribution in [3.63, 3.8) is 0 Å². The second-order valence-electron chi connectivity index (χ2n) is 5.14. The van der Waals surface area contributed by atoms with Crippen molar-refractivity contribution >= 4 is 0 Å². The highest BCUT2D eigenvalue weighted by atomic mass is 16.5. The first-order chi connectivity index (χ1) is 8.75. The number of benzene rings is 1. The fraction of sp³-hybridized carbons (Fsp3) is 0.600. The molecule has 1 aromatic rings. The molecule has 100 valence electrons. The summed E-state index contributed by atoms with van der Waals surface area (Å²) in [6.07, 6.45) is 2.49. The standard InChI is InChI=1S/C15H24N2O/c1-13-12-17(9-5-11-18-13)10-8-15(16)14-6-3-2-4-7-14/h2-4,6-7,13,15H,5,8-12,16H2,1H3. The van der Waals surface area contributed by atoms with Crippen LogP contribution in [0, 0.1) is 0 Å². The lowest BCUT2D eigenvalue weighted by atomic mass is 10.0. The zero-order chi connectivity index (χ0) is 12.8. The van der Waals surface area contributed by atoms with Crippen LogP contribution in [0.15, 0.2) is 30.3 Å². The van der Waals surface area contributed by atoms with Crippen LogP contribution in [0.5, 0.6) is 0 Å². The molecule has 1 heterocycles. The van der Waals surface area contributed by atoms with Gasteiger partial charge in [-0.15, -0.1) is 0 Å². The molecular formula is C15H24N2O. The monoisotopic (exact) mass is 248 g/mol. The SMILES string of the molecule is CC1CN(CCC(N)c2ccccc2)CCCO1. The van der Waals surface area contributed by atoms with Gasteiger partial charge in [0.1, 0.15) is 0 Å². The van der Waals surface area contributed by atoms with Crippen molar-refractivity contribution in [2.24, 2.45) is 5.73 Å². The normalized spacial score (nSPS) is 23.6. The maximum absolute atomic E-state index is 6.23. The lowest BCUT2D eigenvalue weighted by Crippen LogP contribution is -2.32. The maximum atomic E-state index is 6.23. The van der Waals surface area contributed by atoms with Crippen molar-refractivity contribution < 1.29 is 4.74 Å². The minimum atomic E-state index is 0.144. The van der Waals surface area contributed by atoms with Gasteiger partial charge in [-0.3, -0.25) is 0 Å². The molecule has 3 heteroatoms. The summed E-state index contributed by atoms with van der Waals surface area (Å²) >= 11 is 0. The molecule has 3 nitrogen and oxygen atoms in total. The summed E-state index contributed by atoms with van der Waals surface area (Å²) in [5.74, 6) is 0. The Kier molecular flexibility index (Phi) is 5.17. The molecule has 0 spiro atoms. The molecule has 0 amide bonds. The molecule has 1 fully saturated rings. The summed E-state index contributed by atoms with van der Waals surface area (Å²) in [5.41, 5.74) is 7.46. The van der Waals surface area contributed by atoms with Crippen LogP contribution in [0.3, 0.4) is 0 Å². The second-order valence-corrected chi connectivity index (χ2v) is 5.14. The van der Waals surface area contributed by atoms with E-state index >= 15 is 0 Å². The summed E-state index contributed by atoms with van der Waals surface area (Å²) in [7, 11) is 0. The van der Waals surface area contributed by atoms with Gasteiger partial charge in [0, 0.05) is 32.3 Å². The summed E-state index contributed by atoms with van der Waals surface area (Å²) in [4.78, 5) is 2.47. The minimum absolute atomic E-state index is 0.144. The lowest BCUT2D eigenvalue weighted by Gasteiger charge is -2.23. The number of nitrogens with zero attached hydrogens (tertiary/aromatic N) is 1. The molecule has 0 saturated carbocycles. The van der Waals surface area contributed by atoms with E-state index in [0.29, 0.717) is 6.10 Å². The van der Waals surface area contributed by atoms with E-state index in [-0.39, 0.29) is 6.04 Å². The first kappa shape index (κ1) is 13.5. The quantitative estimate of drug-likeness (QED) is 0.887. The Labute approximate surface area is 110 Å². The number of ether oxygens (including phenoxy) is 1. The van der Waals surface area contributed by atoms with Crippen LogP contribution in [0.4, 0.5) is 0 Å². The van der Waals surface area contributed by atoms with Gasteiger partial charge in [0.15, 0.2) is 0 Å². The molecule has 1 aromatic carbocycles. The summed E-state index contributed by atoms with van der Waals surface area (Å²) in [5, 5.41) is 0. The van der Waals surface area contributed by atoms with E-state index in [2.05, 4.69) is 36.1 Å². The summed E-state index contributed by atoms with van der Waals surface area (Å²) in [6, 6.07) is 10.5. The third kappa shape index (κ3) is 4.09. The molecule has 2 atom stereocenters. The van der Waals surface area contributed by atoms with E-state index in [1.165, 1.54) is 5.56 Å².